The standard InChI is InChI=1S/C10H10F4N2O4/c1-18-7-6(4-17)8(20-5-10(12,13)14)16-9(15-7)19-3-2-11/h4H,2-3,5H2,1H3. The molecule has 10 heteroatoms. The Morgan fingerprint density at radius 2 is 1.85 bits per heavy atom. The Hall–Kier alpha value is -2.13. The fourth-order valence-corrected chi connectivity index (χ4v) is 1.12. The van der Waals surface area contributed by atoms with Gasteiger partial charge < -0.3 is 14.2 Å². The first-order valence-corrected chi connectivity index (χ1v) is 5.20. The van der Waals surface area contributed by atoms with Crippen LogP contribution in [0.4, 0.5) is 17.6 Å². The Bertz CT molecular complexity index is 467. The van der Waals surface area contributed by atoms with Crippen LogP contribution in [0.1, 0.15) is 10.4 Å². The molecular weight excluding hydrogens is 288 g/mol. The van der Waals surface area contributed by atoms with Crippen molar-refractivity contribution in [2.75, 3.05) is 27.0 Å². The minimum Gasteiger partial charge on any atom is -0.480 e. The average molecular weight is 298 g/mol. The third kappa shape index (κ3) is 4.52. The second kappa shape index (κ2) is 6.87. The van der Waals surface area contributed by atoms with Crippen molar-refractivity contribution in [2.24, 2.45) is 0 Å². The molecule has 0 atom stereocenters. The van der Waals surface area contributed by atoms with Gasteiger partial charge in [-0.2, -0.15) is 23.1 Å². The molecular formula is C10H10F4N2O4. The minimum absolute atomic E-state index is 0.184. The number of carbonyl (C=O) groups excluding carboxylic acids is 1. The Balaban J connectivity index is 3.06. The van der Waals surface area contributed by atoms with Crippen molar-refractivity contribution in [1.29, 1.82) is 0 Å². The largest absolute Gasteiger partial charge is 0.480 e. The monoisotopic (exact) mass is 298 g/mol. The van der Waals surface area contributed by atoms with Gasteiger partial charge in [-0.05, 0) is 0 Å². The number of methoxy groups -OCH3 is 1. The zero-order valence-corrected chi connectivity index (χ0v) is 10.2. The molecule has 6 nitrogen and oxygen atoms in total. The highest BCUT2D eigenvalue weighted by atomic mass is 19.4. The van der Waals surface area contributed by atoms with E-state index in [4.69, 9.17) is 9.47 Å². The quantitative estimate of drug-likeness (QED) is 0.562. The Labute approximate surface area is 110 Å². The van der Waals surface area contributed by atoms with Crippen LogP contribution in [0.15, 0.2) is 0 Å². The van der Waals surface area contributed by atoms with Crippen molar-refractivity contribution < 1.29 is 36.6 Å². The number of hydrogen-bond donors (Lipinski definition) is 0. The first kappa shape index (κ1) is 15.9. The second-order valence-electron chi connectivity index (χ2n) is 3.29. The van der Waals surface area contributed by atoms with Crippen LogP contribution in [0.5, 0.6) is 17.8 Å². The summed E-state index contributed by atoms with van der Waals surface area (Å²) < 4.78 is 62.1. The SMILES string of the molecule is COc1nc(OCCF)nc(OCC(F)(F)F)c1C=O. The van der Waals surface area contributed by atoms with Gasteiger partial charge >= 0.3 is 12.2 Å². The van der Waals surface area contributed by atoms with Gasteiger partial charge in [-0.25, -0.2) is 4.39 Å². The normalized spacial score (nSPS) is 11.1. The molecule has 1 aromatic rings. The summed E-state index contributed by atoms with van der Waals surface area (Å²) in [4.78, 5) is 17.9. The number of carbonyl (C=O) groups is 1. The average Bonchev–Trinajstić information content (AvgIpc) is 2.41. The van der Waals surface area contributed by atoms with Gasteiger partial charge in [0.1, 0.15) is 18.8 Å². The lowest BCUT2D eigenvalue weighted by Crippen LogP contribution is -2.20. The molecule has 0 saturated heterocycles. The van der Waals surface area contributed by atoms with E-state index in [0.717, 1.165) is 7.11 Å². The third-order valence-corrected chi connectivity index (χ3v) is 1.85. The zero-order valence-electron chi connectivity index (χ0n) is 10.2. The molecule has 0 N–H and O–H groups in total. The summed E-state index contributed by atoms with van der Waals surface area (Å²) in [5, 5.41) is 0. The lowest BCUT2D eigenvalue weighted by atomic mass is 10.3. The van der Waals surface area contributed by atoms with Crippen LogP contribution in [-0.2, 0) is 0 Å². The summed E-state index contributed by atoms with van der Waals surface area (Å²) in [6.45, 7) is -2.90. The highest BCUT2D eigenvalue weighted by Crippen LogP contribution is 2.27. The lowest BCUT2D eigenvalue weighted by molar-refractivity contribution is -0.154. The van der Waals surface area contributed by atoms with Crippen LogP contribution in [0.3, 0.4) is 0 Å². The van der Waals surface area contributed by atoms with E-state index >= 15 is 0 Å². The summed E-state index contributed by atoms with van der Waals surface area (Å²) in [6.07, 6.45) is -4.43. The van der Waals surface area contributed by atoms with Crippen LogP contribution in [0.2, 0.25) is 0 Å². The van der Waals surface area contributed by atoms with Gasteiger partial charge in [0.05, 0.1) is 7.11 Å². The predicted molar refractivity (Wildman–Crippen MR) is 57.0 cm³/mol. The molecule has 0 amide bonds. The van der Waals surface area contributed by atoms with Gasteiger partial charge in [0.25, 0.3) is 0 Å². The van der Waals surface area contributed by atoms with Crippen molar-refractivity contribution in [3.05, 3.63) is 5.56 Å². The van der Waals surface area contributed by atoms with E-state index in [9.17, 15) is 22.4 Å². The van der Waals surface area contributed by atoms with Crippen LogP contribution < -0.4 is 14.2 Å². The van der Waals surface area contributed by atoms with Crippen LogP contribution >= 0.6 is 0 Å². The molecule has 1 aromatic heterocycles. The van der Waals surface area contributed by atoms with Crippen LogP contribution in [0.25, 0.3) is 0 Å². The predicted octanol–water partition coefficient (Wildman–Crippen LogP) is 1.59. The fraction of sp³-hybridized carbons (Fsp3) is 0.500. The Kier molecular flexibility index (Phi) is 5.47. The highest BCUT2D eigenvalue weighted by molar-refractivity contribution is 5.81. The number of rotatable bonds is 7. The van der Waals surface area contributed by atoms with Gasteiger partial charge in [-0.15, -0.1) is 0 Å². The maximum atomic E-state index is 12.1. The summed E-state index contributed by atoms with van der Waals surface area (Å²) in [5.74, 6) is -0.987. The molecule has 0 unspecified atom stereocenters. The summed E-state index contributed by atoms with van der Waals surface area (Å²) >= 11 is 0. The second-order valence-corrected chi connectivity index (χ2v) is 3.29. The summed E-state index contributed by atoms with van der Waals surface area (Å²) in [6, 6.07) is -0.456. The van der Waals surface area contributed by atoms with Gasteiger partial charge in [-0.3, -0.25) is 4.79 Å². The van der Waals surface area contributed by atoms with Crippen molar-refractivity contribution in [3.8, 4) is 17.8 Å². The molecule has 0 aliphatic carbocycles. The molecule has 112 valence electrons. The van der Waals surface area contributed by atoms with E-state index in [0.29, 0.717) is 0 Å². The first-order valence-electron chi connectivity index (χ1n) is 5.20. The smallest absolute Gasteiger partial charge is 0.422 e. The maximum Gasteiger partial charge on any atom is 0.422 e. The molecule has 20 heavy (non-hydrogen) atoms. The molecule has 1 rings (SSSR count). The molecule has 0 saturated carbocycles. The van der Waals surface area contributed by atoms with Crippen LogP contribution in [-0.4, -0.2) is 49.4 Å². The number of aromatic nitrogens is 2. The minimum atomic E-state index is -4.61. The number of ether oxygens (including phenoxy) is 3. The zero-order chi connectivity index (χ0) is 15.2. The van der Waals surface area contributed by atoms with E-state index < -0.39 is 43.5 Å². The topological polar surface area (TPSA) is 70.5 Å². The van der Waals surface area contributed by atoms with E-state index in [-0.39, 0.29) is 12.2 Å². The molecule has 0 radical (unpaired) electrons. The van der Waals surface area contributed by atoms with Gasteiger partial charge in [0.2, 0.25) is 11.8 Å². The van der Waals surface area contributed by atoms with Crippen molar-refractivity contribution in [1.82, 2.24) is 9.97 Å². The molecule has 0 aromatic carbocycles. The number of hydrogen-bond acceptors (Lipinski definition) is 6. The summed E-state index contributed by atoms with van der Waals surface area (Å²) in [7, 11) is 1.14. The third-order valence-electron chi connectivity index (χ3n) is 1.85. The summed E-state index contributed by atoms with van der Waals surface area (Å²) in [5.41, 5.74) is -0.399. The van der Waals surface area contributed by atoms with Crippen LogP contribution in [0, 0.1) is 0 Å². The maximum absolute atomic E-state index is 12.1. The molecule has 0 spiro atoms. The fourth-order valence-electron chi connectivity index (χ4n) is 1.12. The number of nitrogens with zero attached hydrogens (tertiary/aromatic N) is 2. The van der Waals surface area contributed by atoms with Gasteiger partial charge in [0, 0.05) is 0 Å². The molecule has 1 heterocycles. The Morgan fingerprint density at radius 3 is 2.35 bits per heavy atom. The molecule has 0 bridgehead atoms. The molecule has 0 fully saturated rings. The molecule has 0 aliphatic rings. The number of halogens is 4. The van der Waals surface area contributed by atoms with Gasteiger partial charge in [0.15, 0.2) is 12.9 Å². The van der Waals surface area contributed by atoms with Crippen molar-refractivity contribution >= 4 is 6.29 Å². The van der Waals surface area contributed by atoms with E-state index in [2.05, 4.69) is 14.7 Å². The van der Waals surface area contributed by atoms with E-state index in [1.165, 1.54) is 0 Å². The van der Waals surface area contributed by atoms with E-state index in [1.807, 2.05) is 0 Å². The molecule has 0 aliphatic heterocycles. The van der Waals surface area contributed by atoms with Gasteiger partial charge in [-0.1, -0.05) is 0 Å². The lowest BCUT2D eigenvalue weighted by Gasteiger charge is -2.12. The highest BCUT2D eigenvalue weighted by Gasteiger charge is 2.30. The van der Waals surface area contributed by atoms with Crippen molar-refractivity contribution in [3.63, 3.8) is 0 Å². The number of alkyl halides is 4. The van der Waals surface area contributed by atoms with E-state index in [1.54, 1.807) is 0 Å². The number of aldehydes is 1. The first-order chi connectivity index (χ1) is 9.41. The van der Waals surface area contributed by atoms with Crippen molar-refractivity contribution in [2.45, 2.75) is 6.18 Å². The Morgan fingerprint density at radius 1 is 1.20 bits per heavy atom.